The quantitative estimate of drug-likeness (QED) is 0.105. The fraction of sp³-hybridized carbons (Fsp3) is 0.185. The average Bonchev–Trinajstić information content (AvgIpc) is 2.91. The van der Waals surface area contributed by atoms with Crippen molar-refractivity contribution in [2.24, 2.45) is 5.10 Å². The molecule has 40 heavy (non-hydrogen) atoms. The molecule has 10 nitrogen and oxygen atoms in total. The van der Waals surface area contributed by atoms with Gasteiger partial charge in [-0.1, -0.05) is 35.3 Å². The van der Waals surface area contributed by atoms with Crippen molar-refractivity contribution in [2.75, 3.05) is 30.5 Å². The minimum atomic E-state index is -0.964. The van der Waals surface area contributed by atoms with E-state index in [4.69, 9.17) is 37.4 Å². The SMILES string of the molecule is CCOc1ccccc1NC(=O)C(=O)N/N=C\c1cc(I)c(OCC(=O)Nc2ccc(Cl)cc2Cl)c(OCC)c1. The number of para-hydroxylation sites is 2. The minimum absolute atomic E-state index is 0.300. The van der Waals surface area contributed by atoms with Crippen molar-refractivity contribution in [1.29, 1.82) is 0 Å². The Morgan fingerprint density at radius 1 is 0.875 bits per heavy atom. The lowest BCUT2D eigenvalue weighted by Crippen LogP contribution is -2.32. The summed E-state index contributed by atoms with van der Waals surface area (Å²) in [6.07, 6.45) is 1.35. The van der Waals surface area contributed by atoms with Gasteiger partial charge in [-0.3, -0.25) is 14.4 Å². The first-order chi connectivity index (χ1) is 19.2. The molecule has 210 valence electrons. The molecular formula is C27H25Cl2IN4O6. The third kappa shape index (κ3) is 9.00. The number of benzene rings is 3. The molecule has 0 saturated heterocycles. The summed E-state index contributed by atoms with van der Waals surface area (Å²) in [6, 6.07) is 14.8. The van der Waals surface area contributed by atoms with Crippen molar-refractivity contribution in [2.45, 2.75) is 13.8 Å². The highest BCUT2D eigenvalue weighted by Crippen LogP contribution is 2.34. The molecule has 0 unspecified atom stereocenters. The van der Waals surface area contributed by atoms with Gasteiger partial charge >= 0.3 is 11.8 Å². The zero-order valence-corrected chi connectivity index (χ0v) is 25.1. The average molecular weight is 699 g/mol. The molecular weight excluding hydrogens is 674 g/mol. The van der Waals surface area contributed by atoms with Crippen LogP contribution in [-0.4, -0.2) is 43.8 Å². The molecule has 3 aromatic carbocycles. The van der Waals surface area contributed by atoms with E-state index in [1.54, 1.807) is 55.5 Å². The Balaban J connectivity index is 1.62. The number of amides is 3. The maximum Gasteiger partial charge on any atom is 0.329 e. The van der Waals surface area contributed by atoms with Crippen LogP contribution in [0.5, 0.6) is 17.2 Å². The van der Waals surface area contributed by atoms with E-state index in [2.05, 4.69) is 21.2 Å². The molecule has 0 bridgehead atoms. The molecule has 0 radical (unpaired) electrons. The van der Waals surface area contributed by atoms with Crippen LogP contribution in [-0.2, 0) is 14.4 Å². The number of anilines is 2. The minimum Gasteiger partial charge on any atom is -0.492 e. The van der Waals surface area contributed by atoms with Gasteiger partial charge in [0.2, 0.25) is 0 Å². The predicted molar refractivity (Wildman–Crippen MR) is 163 cm³/mol. The second-order valence-electron chi connectivity index (χ2n) is 7.81. The lowest BCUT2D eigenvalue weighted by Gasteiger charge is -2.15. The van der Waals surface area contributed by atoms with Crippen molar-refractivity contribution in [3.8, 4) is 17.2 Å². The first-order valence-corrected chi connectivity index (χ1v) is 13.8. The Bertz CT molecular complexity index is 1420. The number of hydrogen-bond donors (Lipinski definition) is 3. The smallest absolute Gasteiger partial charge is 0.329 e. The number of hydrogen-bond acceptors (Lipinski definition) is 7. The van der Waals surface area contributed by atoms with Crippen LogP contribution in [0.3, 0.4) is 0 Å². The monoisotopic (exact) mass is 698 g/mol. The van der Waals surface area contributed by atoms with E-state index >= 15 is 0 Å². The molecule has 3 amide bonds. The van der Waals surface area contributed by atoms with Gasteiger partial charge in [0.05, 0.1) is 39.4 Å². The van der Waals surface area contributed by atoms with Gasteiger partial charge in [0.25, 0.3) is 5.91 Å². The summed E-state index contributed by atoms with van der Waals surface area (Å²) >= 11 is 14.0. The number of carbonyl (C=O) groups excluding carboxylic acids is 3. The summed E-state index contributed by atoms with van der Waals surface area (Å²) < 4.78 is 17.5. The predicted octanol–water partition coefficient (Wildman–Crippen LogP) is 5.50. The van der Waals surface area contributed by atoms with Crippen LogP contribution >= 0.6 is 45.8 Å². The van der Waals surface area contributed by atoms with Crippen molar-refractivity contribution in [3.05, 3.63) is 73.8 Å². The highest BCUT2D eigenvalue weighted by atomic mass is 127. The van der Waals surface area contributed by atoms with Crippen molar-refractivity contribution < 1.29 is 28.6 Å². The van der Waals surface area contributed by atoms with E-state index < -0.39 is 17.7 Å². The zero-order chi connectivity index (χ0) is 29.1. The second-order valence-corrected chi connectivity index (χ2v) is 9.81. The van der Waals surface area contributed by atoms with Gasteiger partial charge < -0.3 is 24.8 Å². The Labute approximate surface area is 254 Å². The van der Waals surface area contributed by atoms with Crippen LogP contribution in [0, 0.1) is 3.57 Å². The molecule has 3 N–H and O–H groups in total. The number of nitrogens with zero attached hydrogens (tertiary/aromatic N) is 1. The van der Waals surface area contributed by atoms with Gasteiger partial charge in [0.15, 0.2) is 18.1 Å². The number of carbonyl (C=O) groups is 3. The Morgan fingerprint density at radius 3 is 2.33 bits per heavy atom. The Kier molecular flexibility index (Phi) is 11.8. The molecule has 0 saturated carbocycles. The molecule has 0 fully saturated rings. The largest absolute Gasteiger partial charge is 0.492 e. The highest BCUT2D eigenvalue weighted by molar-refractivity contribution is 14.1. The van der Waals surface area contributed by atoms with Crippen LogP contribution in [0.25, 0.3) is 0 Å². The van der Waals surface area contributed by atoms with Crippen LogP contribution in [0.15, 0.2) is 59.7 Å². The number of halogens is 3. The normalized spacial score (nSPS) is 10.6. The van der Waals surface area contributed by atoms with E-state index in [0.29, 0.717) is 61.0 Å². The molecule has 3 rings (SSSR count). The summed E-state index contributed by atoms with van der Waals surface area (Å²) in [6.45, 7) is 4.04. The summed E-state index contributed by atoms with van der Waals surface area (Å²) in [5, 5.41) is 9.78. The molecule has 0 atom stereocenters. The molecule has 0 spiro atoms. The van der Waals surface area contributed by atoms with E-state index in [1.807, 2.05) is 29.5 Å². The molecule has 0 heterocycles. The molecule has 3 aromatic rings. The topological polar surface area (TPSA) is 127 Å². The Morgan fingerprint density at radius 2 is 1.60 bits per heavy atom. The van der Waals surface area contributed by atoms with Gasteiger partial charge in [-0.25, -0.2) is 5.43 Å². The lowest BCUT2D eigenvalue weighted by molar-refractivity contribution is -0.136. The summed E-state index contributed by atoms with van der Waals surface area (Å²) in [4.78, 5) is 37.0. The van der Waals surface area contributed by atoms with Gasteiger partial charge in [0, 0.05) is 5.02 Å². The fourth-order valence-electron chi connectivity index (χ4n) is 3.23. The zero-order valence-electron chi connectivity index (χ0n) is 21.4. The van der Waals surface area contributed by atoms with Crippen LogP contribution in [0.2, 0.25) is 10.0 Å². The van der Waals surface area contributed by atoms with E-state index in [-0.39, 0.29) is 6.61 Å². The number of nitrogens with one attached hydrogen (secondary N) is 3. The molecule has 0 aromatic heterocycles. The van der Waals surface area contributed by atoms with Gasteiger partial charge in [-0.15, -0.1) is 0 Å². The number of ether oxygens (including phenoxy) is 3. The van der Waals surface area contributed by atoms with Crippen LogP contribution in [0.4, 0.5) is 11.4 Å². The maximum absolute atomic E-state index is 12.4. The first kappa shape index (κ1) is 31.0. The highest BCUT2D eigenvalue weighted by Gasteiger charge is 2.17. The third-order valence-electron chi connectivity index (χ3n) is 4.91. The summed E-state index contributed by atoms with van der Waals surface area (Å²) in [7, 11) is 0. The van der Waals surface area contributed by atoms with Gasteiger partial charge in [0.1, 0.15) is 5.75 Å². The standard InChI is InChI=1S/C27H25Cl2IN4O6/c1-3-38-22-8-6-5-7-21(22)33-26(36)27(37)34-31-14-16-11-19(30)25(23(12-16)39-4-2)40-15-24(35)32-20-10-9-17(28)13-18(20)29/h5-14H,3-4,15H2,1-2H3,(H,32,35)(H,33,36)(H,34,37)/b31-14-. The lowest BCUT2D eigenvalue weighted by atomic mass is 10.2. The van der Waals surface area contributed by atoms with Crippen LogP contribution in [0.1, 0.15) is 19.4 Å². The maximum atomic E-state index is 12.4. The van der Waals surface area contributed by atoms with E-state index in [0.717, 1.165) is 0 Å². The van der Waals surface area contributed by atoms with Crippen molar-refractivity contribution in [3.63, 3.8) is 0 Å². The fourth-order valence-corrected chi connectivity index (χ4v) is 4.46. The van der Waals surface area contributed by atoms with E-state index in [9.17, 15) is 14.4 Å². The molecule has 0 aliphatic rings. The second kappa shape index (κ2) is 15.3. The van der Waals surface area contributed by atoms with Crippen molar-refractivity contribution in [1.82, 2.24) is 5.43 Å². The summed E-state index contributed by atoms with van der Waals surface area (Å²) in [5.74, 6) is -1.14. The van der Waals surface area contributed by atoms with Crippen molar-refractivity contribution >= 4 is 81.1 Å². The molecule has 0 aliphatic heterocycles. The first-order valence-electron chi connectivity index (χ1n) is 11.9. The summed E-state index contributed by atoms with van der Waals surface area (Å²) in [5.41, 5.74) is 3.51. The van der Waals surface area contributed by atoms with Gasteiger partial charge in [-0.2, -0.15) is 5.10 Å². The molecule has 0 aliphatic carbocycles. The molecule has 13 heteroatoms. The number of hydrazone groups is 1. The van der Waals surface area contributed by atoms with Crippen LogP contribution < -0.4 is 30.3 Å². The van der Waals surface area contributed by atoms with Gasteiger partial charge in [-0.05, 0) is 84.5 Å². The third-order valence-corrected chi connectivity index (χ3v) is 6.25. The Hall–Kier alpha value is -3.55. The van der Waals surface area contributed by atoms with E-state index in [1.165, 1.54) is 12.3 Å². The number of rotatable bonds is 11.